The number of aryl methyl sites for hydroxylation is 2. The molecule has 0 saturated carbocycles. The number of halogens is 1. The smallest absolute Gasteiger partial charge is 0.229 e. The fourth-order valence-electron chi connectivity index (χ4n) is 1.83. The number of nitrogens with one attached hydrogen (secondary N) is 2. The summed E-state index contributed by atoms with van der Waals surface area (Å²) in [6.45, 7) is 4.61. The summed E-state index contributed by atoms with van der Waals surface area (Å²) >= 11 is 7.73. The number of sulfonamides is 1. The Bertz CT molecular complexity index is 757. The SMILES string of the molecule is Cc1nc(C)c(CNc2ccc(NS(C)(=O)=O)c(Cl)c2)s1. The second kappa shape index (κ2) is 6.21. The van der Waals surface area contributed by atoms with Crippen molar-refractivity contribution in [2.24, 2.45) is 0 Å². The van der Waals surface area contributed by atoms with E-state index >= 15 is 0 Å². The third-order valence-corrected chi connectivity index (χ3v) is 4.69. The molecule has 1 aromatic heterocycles. The summed E-state index contributed by atoms with van der Waals surface area (Å²) in [4.78, 5) is 5.54. The zero-order valence-electron chi connectivity index (χ0n) is 11.9. The first-order valence-corrected chi connectivity index (χ1v) is 9.27. The van der Waals surface area contributed by atoms with Gasteiger partial charge in [0.05, 0.1) is 34.2 Å². The normalized spacial score (nSPS) is 11.4. The first-order valence-electron chi connectivity index (χ1n) is 6.19. The molecule has 0 aliphatic rings. The monoisotopic (exact) mass is 345 g/mol. The van der Waals surface area contributed by atoms with Crippen molar-refractivity contribution in [2.45, 2.75) is 20.4 Å². The van der Waals surface area contributed by atoms with Crippen LogP contribution in [0.5, 0.6) is 0 Å². The van der Waals surface area contributed by atoms with Crippen LogP contribution < -0.4 is 10.0 Å². The van der Waals surface area contributed by atoms with Gasteiger partial charge in [-0.3, -0.25) is 4.72 Å². The van der Waals surface area contributed by atoms with Crippen molar-refractivity contribution in [3.05, 3.63) is 38.8 Å². The van der Waals surface area contributed by atoms with E-state index in [4.69, 9.17) is 11.6 Å². The Kier molecular flexibility index (Phi) is 4.75. The van der Waals surface area contributed by atoms with Crippen molar-refractivity contribution in [1.29, 1.82) is 0 Å². The van der Waals surface area contributed by atoms with Gasteiger partial charge in [0.15, 0.2) is 0 Å². The van der Waals surface area contributed by atoms with Gasteiger partial charge >= 0.3 is 0 Å². The molecule has 2 aromatic rings. The van der Waals surface area contributed by atoms with Crippen molar-refractivity contribution in [1.82, 2.24) is 4.98 Å². The maximum Gasteiger partial charge on any atom is 0.229 e. The largest absolute Gasteiger partial charge is 0.380 e. The first-order chi connectivity index (χ1) is 9.74. The van der Waals surface area contributed by atoms with Gasteiger partial charge in [-0.2, -0.15) is 0 Å². The summed E-state index contributed by atoms with van der Waals surface area (Å²) in [7, 11) is -3.33. The number of hydrogen-bond acceptors (Lipinski definition) is 5. The molecule has 8 heteroatoms. The number of rotatable bonds is 5. The lowest BCUT2D eigenvalue weighted by Crippen LogP contribution is -2.10. The molecule has 0 amide bonds. The zero-order chi connectivity index (χ0) is 15.6. The van der Waals surface area contributed by atoms with Crippen LogP contribution in [0.1, 0.15) is 15.6 Å². The predicted octanol–water partition coefficient (Wildman–Crippen LogP) is 3.40. The highest BCUT2D eigenvalue weighted by Gasteiger charge is 2.08. The van der Waals surface area contributed by atoms with Crippen LogP contribution in [-0.4, -0.2) is 19.7 Å². The van der Waals surface area contributed by atoms with Crippen LogP contribution in [0.2, 0.25) is 5.02 Å². The van der Waals surface area contributed by atoms with Crippen molar-refractivity contribution >= 4 is 44.3 Å². The highest BCUT2D eigenvalue weighted by molar-refractivity contribution is 7.92. The van der Waals surface area contributed by atoms with Gasteiger partial charge in [0.1, 0.15) is 0 Å². The third-order valence-electron chi connectivity index (χ3n) is 2.72. The molecule has 5 nitrogen and oxygen atoms in total. The van der Waals surface area contributed by atoms with E-state index in [0.717, 1.165) is 22.6 Å². The van der Waals surface area contributed by atoms with E-state index in [9.17, 15) is 8.42 Å². The van der Waals surface area contributed by atoms with Gasteiger partial charge in [-0.1, -0.05) is 11.6 Å². The fourth-order valence-corrected chi connectivity index (χ4v) is 3.57. The molecule has 0 atom stereocenters. The Morgan fingerprint density at radius 3 is 2.57 bits per heavy atom. The number of thiazole rings is 1. The molecule has 1 heterocycles. The lowest BCUT2D eigenvalue weighted by atomic mass is 10.3. The lowest BCUT2D eigenvalue weighted by molar-refractivity contribution is 0.607. The summed E-state index contributed by atoms with van der Waals surface area (Å²) in [5.74, 6) is 0. The van der Waals surface area contributed by atoms with Crippen molar-refractivity contribution < 1.29 is 8.42 Å². The summed E-state index contributed by atoms with van der Waals surface area (Å²) in [6.07, 6.45) is 1.09. The van der Waals surface area contributed by atoms with Gasteiger partial charge in [0, 0.05) is 10.6 Å². The van der Waals surface area contributed by atoms with Crippen molar-refractivity contribution in [2.75, 3.05) is 16.3 Å². The Morgan fingerprint density at radius 2 is 2.05 bits per heavy atom. The summed E-state index contributed by atoms with van der Waals surface area (Å²) in [6, 6.07) is 5.11. The molecular weight excluding hydrogens is 330 g/mol. The molecule has 0 spiro atoms. The first kappa shape index (κ1) is 16.1. The molecule has 1 aromatic carbocycles. The second-order valence-electron chi connectivity index (χ2n) is 4.66. The van der Waals surface area contributed by atoms with Crippen LogP contribution in [0.4, 0.5) is 11.4 Å². The Balaban J connectivity index is 2.08. The van der Waals surface area contributed by atoms with Crippen molar-refractivity contribution in [3.8, 4) is 0 Å². The molecule has 0 fully saturated rings. The van der Waals surface area contributed by atoms with E-state index in [1.807, 2.05) is 13.8 Å². The minimum absolute atomic E-state index is 0.350. The lowest BCUT2D eigenvalue weighted by Gasteiger charge is -2.10. The summed E-state index contributed by atoms with van der Waals surface area (Å²) < 4.78 is 24.8. The number of benzene rings is 1. The maximum absolute atomic E-state index is 11.2. The molecule has 0 unspecified atom stereocenters. The van der Waals surface area contributed by atoms with Crippen LogP contribution in [0, 0.1) is 13.8 Å². The van der Waals surface area contributed by atoms with Crippen molar-refractivity contribution in [3.63, 3.8) is 0 Å². The zero-order valence-corrected chi connectivity index (χ0v) is 14.3. The molecule has 21 heavy (non-hydrogen) atoms. The second-order valence-corrected chi connectivity index (χ2v) is 8.11. The molecule has 0 bridgehead atoms. The molecule has 0 aliphatic carbocycles. The molecular formula is C13H16ClN3O2S2. The Hall–Kier alpha value is -1.31. The molecule has 114 valence electrons. The van der Waals surface area contributed by atoms with Gasteiger partial charge in [-0.15, -0.1) is 11.3 Å². The highest BCUT2D eigenvalue weighted by Crippen LogP contribution is 2.27. The fraction of sp³-hybridized carbons (Fsp3) is 0.308. The minimum Gasteiger partial charge on any atom is -0.380 e. The predicted molar refractivity (Wildman–Crippen MR) is 88.8 cm³/mol. The van der Waals surface area contributed by atoms with Crippen LogP contribution in [0.15, 0.2) is 18.2 Å². The van der Waals surface area contributed by atoms with E-state index in [1.54, 1.807) is 29.5 Å². The van der Waals surface area contributed by atoms with Crippen LogP contribution >= 0.6 is 22.9 Å². The van der Waals surface area contributed by atoms with Crippen LogP contribution in [-0.2, 0) is 16.6 Å². The number of aromatic nitrogens is 1. The quantitative estimate of drug-likeness (QED) is 0.871. The molecule has 0 radical (unpaired) electrons. The third kappa shape index (κ3) is 4.59. The Morgan fingerprint density at radius 1 is 1.33 bits per heavy atom. The average Bonchev–Trinajstić information content (AvgIpc) is 2.67. The van der Waals surface area contributed by atoms with Crippen LogP contribution in [0.3, 0.4) is 0 Å². The molecule has 2 rings (SSSR count). The van der Waals surface area contributed by atoms with Gasteiger partial charge in [0.2, 0.25) is 10.0 Å². The topological polar surface area (TPSA) is 71.1 Å². The van der Waals surface area contributed by atoms with E-state index in [0.29, 0.717) is 17.3 Å². The maximum atomic E-state index is 11.2. The Labute approximate surface area is 133 Å². The van der Waals surface area contributed by atoms with Gasteiger partial charge in [-0.05, 0) is 32.0 Å². The molecule has 2 N–H and O–H groups in total. The van der Waals surface area contributed by atoms with E-state index < -0.39 is 10.0 Å². The summed E-state index contributed by atoms with van der Waals surface area (Å²) in [5, 5.41) is 4.64. The molecule has 0 aliphatic heterocycles. The number of hydrogen-bond donors (Lipinski definition) is 2. The minimum atomic E-state index is -3.33. The number of anilines is 2. The van der Waals surface area contributed by atoms with E-state index in [1.165, 1.54) is 4.88 Å². The van der Waals surface area contributed by atoms with Crippen LogP contribution in [0.25, 0.3) is 0 Å². The standard InChI is InChI=1S/C13H16ClN3O2S2/c1-8-13(20-9(2)16-8)7-15-10-4-5-12(11(14)6-10)17-21(3,18)19/h4-6,15,17H,7H2,1-3H3. The summed E-state index contributed by atoms with van der Waals surface area (Å²) in [5.41, 5.74) is 2.21. The van der Waals surface area contributed by atoms with Gasteiger partial charge in [-0.25, -0.2) is 13.4 Å². The highest BCUT2D eigenvalue weighted by atomic mass is 35.5. The average molecular weight is 346 g/mol. The van der Waals surface area contributed by atoms with E-state index in [-0.39, 0.29) is 0 Å². The molecule has 0 saturated heterocycles. The number of nitrogens with zero attached hydrogens (tertiary/aromatic N) is 1. The van der Waals surface area contributed by atoms with Gasteiger partial charge in [0.25, 0.3) is 0 Å². The van der Waals surface area contributed by atoms with Gasteiger partial charge < -0.3 is 5.32 Å². The van der Waals surface area contributed by atoms with E-state index in [2.05, 4.69) is 15.0 Å².